The molecular weight excluding hydrogens is 357 g/mol. The summed E-state index contributed by atoms with van der Waals surface area (Å²) in [5, 5.41) is 1.48. The summed E-state index contributed by atoms with van der Waals surface area (Å²) in [5.41, 5.74) is 1.06. The normalized spacial score (nSPS) is 13.0. The van der Waals surface area contributed by atoms with Gasteiger partial charge in [-0.15, -0.1) is 0 Å². The lowest BCUT2D eigenvalue weighted by molar-refractivity contribution is 1.24. The average molecular weight is 362 g/mol. The van der Waals surface area contributed by atoms with E-state index in [1.165, 1.54) is 0 Å². The van der Waals surface area contributed by atoms with Gasteiger partial charge in [0, 0.05) is 11.1 Å². The Morgan fingerprint density at radius 1 is 0.889 bits per heavy atom. The Bertz CT molecular complexity index is 579. The Kier molecular flexibility index (Phi) is 4.19. The molecule has 0 aliphatic carbocycles. The van der Waals surface area contributed by atoms with Crippen molar-refractivity contribution < 1.29 is 0 Å². The van der Waals surface area contributed by atoms with Crippen LogP contribution in [-0.2, 0) is 7.59 Å². The SMILES string of the molecule is ClC(Cl)(Cl)c1c[c]c2c(C(Cl)(Cl)Cl)cccc2c1. The zero-order chi connectivity index (χ0) is 13.6. The van der Waals surface area contributed by atoms with Crippen molar-refractivity contribution in [1.82, 2.24) is 0 Å². The third-order valence-corrected chi connectivity index (χ3v) is 3.68. The lowest BCUT2D eigenvalue weighted by Crippen LogP contribution is -2.03. The smallest absolute Gasteiger partial charge is 0.0784 e. The van der Waals surface area contributed by atoms with Crippen molar-refractivity contribution in [2.24, 2.45) is 0 Å². The molecule has 2 aromatic rings. The maximum Gasteiger partial charge on any atom is 0.216 e. The average Bonchev–Trinajstić information content (AvgIpc) is 2.25. The van der Waals surface area contributed by atoms with Crippen LogP contribution in [0.4, 0.5) is 0 Å². The first kappa shape index (κ1) is 14.8. The van der Waals surface area contributed by atoms with Crippen LogP contribution < -0.4 is 0 Å². The summed E-state index contributed by atoms with van der Waals surface area (Å²) < 4.78 is -3.02. The Labute approximate surface area is 135 Å². The van der Waals surface area contributed by atoms with E-state index in [0.29, 0.717) is 16.5 Å². The summed E-state index contributed by atoms with van der Waals surface area (Å²) in [6.45, 7) is 0. The summed E-state index contributed by atoms with van der Waals surface area (Å²) >= 11 is 35.2. The topological polar surface area (TPSA) is 0 Å². The fourth-order valence-electron chi connectivity index (χ4n) is 1.61. The highest BCUT2D eigenvalue weighted by atomic mass is 35.6. The van der Waals surface area contributed by atoms with E-state index in [9.17, 15) is 0 Å². The lowest BCUT2D eigenvalue weighted by Gasteiger charge is -2.16. The number of rotatable bonds is 0. The molecule has 0 nitrogen and oxygen atoms in total. The maximum absolute atomic E-state index is 5.90. The van der Waals surface area contributed by atoms with Gasteiger partial charge >= 0.3 is 0 Å². The monoisotopic (exact) mass is 359 g/mol. The number of hydrogen-bond acceptors (Lipinski definition) is 0. The second kappa shape index (κ2) is 5.09. The predicted molar refractivity (Wildman–Crippen MR) is 81.3 cm³/mol. The van der Waals surface area contributed by atoms with Crippen LogP contribution in [0.1, 0.15) is 11.1 Å². The molecule has 0 N–H and O–H groups in total. The molecule has 0 aliphatic rings. The van der Waals surface area contributed by atoms with Gasteiger partial charge in [-0.1, -0.05) is 87.8 Å². The van der Waals surface area contributed by atoms with Gasteiger partial charge in [-0.3, -0.25) is 0 Å². The summed E-state index contributed by atoms with van der Waals surface area (Å²) in [4.78, 5) is 0. The summed E-state index contributed by atoms with van der Waals surface area (Å²) in [5.74, 6) is 0. The molecule has 0 bridgehead atoms. The van der Waals surface area contributed by atoms with Gasteiger partial charge in [0.1, 0.15) is 0 Å². The minimum absolute atomic E-state index is 0.515. The van der Waals surface area contributed by atoms with Crippen molar-refractivity contribution in [3.63, 3.8) is 0 Å². The largest absolute Gasteiger partial charge is 0.216 e. The van der Waals surface area contributed by atoms with Crippen molar-refractivity contribution in [3.8, 4) is 0 Å². The maximum atomic E-state index is 5.90. The number of alkyl halides is 6. The van der Waals surface area contributed by atoms with Crippen LogP contribution in [0.25, 0.3) is 10.8 Å². The Morgan fingerprint density at radius 2 is 1.56 bits per heavy atom. The van der Waals surface area contributed by atoms with Gasteiger partial charge in [0.25, 0.3) is 0 Å². The van der Waals surface area contributed by atoms with E-state index in [1.807, 2.05) is 6.07 Å². The van der Waals surface area contributed by atoms with E-state index in [1.54, 1.807) is 24.3 Å². The first-order valence-corrected chi connectivity index (χ1v) is 7.05. The molecule has 0 spiro atoms. The minimum Gasteiger partial charge on any atom is -0.0784 e. The second-order valence-corrected chi connectivity index (χ2v) is 8.22. The molecule has 0 heterocycles. The van der Waals surface area contributed by atoms with Gasteiger partial charge in [0.05, 0.1) is 0 Å². The molecule has 0 fully saturated rings. The molecule has 0 saturated heterocycles. The lowest BCUT2D eigenvalue weighted by atomic mass is 10.0. The van der Waals surface area contributed by atoms with Crippen LogP contribution in [0.3, 0.4) is 0 Å². The number of hydrogen-bond donors (Lipinski definition) is 0. The first-order valence-electron chi connectivity index (χ1n) is 4.78. The van der Waals surface area contributed by atoms with Gasteiger partial charge < -0.3 is 0 Å². The molecule has 0 unspecified atom stereocenters. The van der Waals surface area contributed by atoms with Gasteiger partial charge in [0.15, 0.2) is 0 Å². The van der Waals surface area contributed by atoms with Crippen LogP contribution in [0.5, 0.6) is 0 Å². The molecule has 0 aromatic heterocycles. The molecule has 2 aromatic carbocycles. The van der Waals surface area contributed by atoms with Gasteiger partial charge in [-0.25, -0.2) is 0 Å². The quantitative estimate of drug-likeness (QED) is 0.483. The number of fused-ring (bicyclic) bond motifs is 1. The molecule has 0 amide bonds. The standard InChI is InChI=1S/C12H5Cl6/c13-11(14,15)8-4-5-9-7(6-8)2-1-3-10(9)12(16,17)18/h1-4,6H. The van der Waals surface area contributed by atoms with E-state index < -0.39 is 7.59 Å². The molecular formula is C12H5Cl6. The van der Waals surface area contributed by atoms with Crippen LogP contribution >= 0.6 is 69.6 Å². The third kappa shape index (κ3) is 3.12. The van der Waals surface area contributed by atoms with Crippen LogP contribution in [-0.4, -0.2) is 0 Å². The highest BCUT2D eigenvalue weighted by Gasteiger charge is 2.27. The van der Waals surface area contributed by atoms with Crippen LogP contribution in [0, 0.1) is 6.07 Å². The number of benzene rings is 2. The van der Waals surface area contributed by atoms with Gasteiger partial charge in [0.2, 0.25) is 7.59 Å². The third-order valence-electron chi connectivity index (χ3n) is 2.41. The zero-order valence-electron chi connectivity index (χ0n) is 8.65. The van der Waals surface area contributed by atoms with Crippen LogP contribution in [0.15, 0.2) is 30.3 Å². The highest BCUT2D eigenvalue weighted by molar-refractivity contribution is 6.67. The fraction of sp³-hybridized carbons (Fsp3) is 0.167. The van der Waals surface area contributed by atoms with Crippen molar-refractivity contribution >= 4 is 80.4 Å². The Morgan fingerprint density at radius 3 is 2.11 bits per heavy atom. The first-order chi connectivity index (χ1) is 8.19. The van der Waals surface area contributed by atoms with Crippen molar-refractivity contribution in [2.45, 2.75) is 7.59 Å². The van der Waals surface area contributed by atoms with Crippen LogP contribution in [0.2, 0.25) is 0 Å². The molecule has 2 rings (SSSR count). The minimum atomic E-state index is -1.52. The molecule has 0 atom stereocenters. The molecule has 1 radical (unpaired) electrons. The predicted octanol–water partition coefficient (Wildman–Crippen LogP) is 6.29. The van der Waals surface area contributed by atoms with Crippen molar-refractivity contribution in [2.75, 3.05) is 0 Å². The van der Waals surface area contributed by atoms with E-state index >= 15 is 0 Å². The highest BCUT2D eigenvalue weighted by Crippen LogP contribution is 2.43. The van der Waals surface area contributed by atoms with E-state index in [0.717, 1.165) is 5.39 Å². The molecule has 6 heteroatoms. The Balaban J connectivity index is 2.68. The van der Waals surface area contributed by atoms with E-state index in [-0.39, 0.29) is 0 Å². The van der Waals surface area contributed by atoms with Crippen molar-refractivity contribution in [1.29, 1.82) is 0 Å². The fourth-order valence-corrected chi connectivity index (χ4v) is 2.41. The van der Waals surface area contributed by atoms with Gasteiger partial charge in [-0.05, 0) is 29.0 Å². The van der Waals surface area contributed by atoms with Gasteiger partial charge in [-0.2, -0.15) is 0 Å². The number of halogens is 6. The second-order valence-electron chi connectivity index (χ2n) is 3.65. The molecule has 0 saturated carbocycles. The summed E-state index contributed by atoms with van der Waals surface area (Å²) in [6, 6.07) is 11.6. The summed E-state index contributed by atoms with van der Waals surface area (Å²) in [6.07, 6.45) is 0. The van der Waals surface area contributed by atoms with E-state index in [4.69, 9.17) is 69.6 Å². The van der Waals surface area contributed by atoms with E-state index in [2.05, 4.69) is 6.07 Å². The Hall–Kier alpha value is 0.440. The zero-order valence-corrected chi connectivity index (χ0v) is 13.2. The molecule has 95 valence electrons. The molecule has 18 heavy (non-hydrogen) atoms. The van der Waals surface area contributed by atoms with Crippen molar-refractivity contribution in [3.05, 3.63) is 47.5 Å². The summed E-state index contributed by atoms with van der Waals surface area (Å²) in [7, 11) is 0. The molecule has 0 aliphatic heterocycles.